The van der Waals surface area contributed by atoms with Crippen molar-refractivity contribution in [2.45, 2.75) is 39.5 Å². The van der Waals surface area contributed by atoms with Crippen LogP contribution in [0.4, 0.5) is 0 Å². The topological polar surface area (TPSA) is 50.1 Å². The largest absolute Gasteiger partial charge is 0.465 e. The van der Waals surface area contributed by atoms with Crippen LogP contribution < -0.4 is 0 Å². The van der Waals surface area contributed by atoms with E-state index in [0.717, 1.165) is 19.3 Å². The first-order valence-electron chi connectivity index (χ1n) is 5.57. The van der Waals surface area contributed by atoms with Gasteiger partial charge in [0.15, 0.2) is 0 Å². The van der Waals surface area contributed by atoms with Gasteiger partial charge in [-0.15, -0.1) is 0 Å². The third-order valence-corrected chi connectivity index (χ3v) is 4.24. The second-order valence-electron chi connectivity index (χ2n) is 5.45. The molecule has 0 radical (unpaired) electrons. The Kier molecular flexibility index (Phi) is 2.26. The molecule has 1 saturated heterocycles. The molecule has 1 heterocycles. The summed E-state index contributed by atoms with van der Waals surface area (Å²) in [6.07, 6.45) is 3.47. The first-order valence-corrected chi connectivity index (χ1v) is 5.57. The standard InChI is InChI=1S/C12H17NO2/c1-11(7-13)4-3-5-12(2)8-15-10(14)6-9(11)12/h9H,3-6,8H2,1-2H3/t9-,11-,12-/m0/s1. The van der Waals surface area contributed by atoms with Gasteiger partial charge in [0, 0.05) is 5.41 Å². The van der Waals surface area contributed by atoms with Gasteiger partial charge in [0.2, 0.25) is 0 Å². The molecule has 0 spiro atoms. The lowest BCUT2D eigenvalue weighted by Gasteiger charge is -2.50. The van der Waals surface area contributed by atoms with E-state index in [1.807, 2.05) is 6.92 Å². The number of hydrogen-bond acceptors (Lipinski definition) is 3. The molecule has 0 aromatic rings. The maximum Gasteiger partial charge on any atom is 0.306 e. The summed E-state index contributed by atoms with van der Waals surface area (Å²) >= 11 is 0. The zero-order chi connectivity index (χ0) is 11.1. The fraction of sp³-hybridized carbons (Fsp3) is 0.833. The van der Waals surface area contributed by atoms with Crippen LogP contribution in [-0.2, 0) is 9.53 Å². The third-order valence-electron chi connectivity index (χ3n) is 4.24. The van der Waals surface area contributed by atoms with Crippen molar-refractivity contribution in [3.8, 4) is 6.07 Å². The Morgan fingerprint density at radius 1 is 1.47 bits per heavy atom. The van der Waals surface area contributed by atoms with E-state index in [-0.39, 0.29) is 22.7 Å². The van der Waals surface area contributed by atoms with Crippen molar-refractivity contribution in [3.05, 3.63) is 0 Å². The Labute approximate surface area is 90.4 Å². The summed E-state index contributed by atoms with van der Waals surface area (Å²) in [5.41, 5.74) is -0.316. The normalized spacial score (nSPS) is 45.1. The zero-order valence-corrected chi connectivity index (χ0v) is 9.38. The SMILES string of the molecule is C[C@@]12CCC[C@@](C)(C#N)[C@@H]1CC(=O)OC2. The van der Waals surface area contributed by atoms with Crippen molar-refractivity contribution < 1.29 is 9.53 Å². The molecular weight excluding hydrogens is 190 g/mol. The number of ether oxygens (including phenoxy) is 1. The molecule has 15 heavy (non-hydrogen) atoms. The van der Waals surface area contributed by atoms with Gasteiger partial charge in [0.25, 0.3) is 0 Å². The predicted octanol–water partition coefficient (Wildman–Crippen LogP) is 2.27. The summed E-state index contributed by atoms with van der Waals surface area (Å²) in [5.74, 6) is 0.0332. The van der Waals surface area contributed by atoms with E-state index in [4.69, 9.17) is 4.74 Å². The van der Waals surface area contributed by atoms with E-state index < -0.39 is 0 Å². The maximum absolute atomic E-state index is 11.3. The average molecular weight is 207 g/mol. The second-order valence-corrected chi connectivity index (χ2v) is 5.45. The minimum atomic E-state index is -0.341. The van der Waals surface area contributed by atoms with E-state index >= 15 is 0 Å². The number of nitrogens with zero attached hydrogens (tertiary/aromatic N) is 1. The average Bonchev–Trinajstić information content (AvgIpc) is 2.21. The van der Waals surface area contributed by atoms with Crippen molar-refractivity contribution in [3.63, 3.8) is 0 Å². The summed E-state index contributed by atoms with van der Waals surface area (Å²) in [5, 5.41) is 9.29. The number of cyclic esters (lactones) is 1. The molecule has 0 N–H and O–H groups in total. The number of hydrogen-bond donors (Lipinski definition) is 0. The molecule has 82 valence electrons. The molecule has 3 nitrogen and oxygen atoms in total. The van der Waals surface area contributed by atoms with E-state index in [9.17, 15) is 10.1 Å². The molecule has 0 bridgehead atoms. The lowest BCUT2D eigenvalue weighted by Crippen LogP contribution is -2.50. The molecule has 0 amide bonds. The fourth-order valence-electron chi connectivity index (χ4n) is 3.23. The Hall–Kier alpha value is -1.04. The van der Waals surface area contributed by atoms with E-state index in [2.05, 4.69) is 13.0 Å². The molecule has 2 rings (SSSR count). The van der Waals surface area contributed by atoms with Gasteiger partial charge in [-0.2, -0.15) is 5.26 Å². The molecule has 2 fully saturated rings. The van der Waals surface area contributed by atoms with Gasteiger partial charge in [-0.25, -0.2) is 0 Å². The summed E-state index contributed by atoms with van der Waals surface area (Å²) < 4.78 is 5.14. The van der Waals surface area contributed by atoms with Gasteiger partial charge in [-0.1, -0.05) is 13.3 Å². The monoisotopic (exact) mass is 207 g/mol. The molecule has 1 aliphatic carbocycles. The quantitative estimate of drug-likeness (QED) is 0.572. The summed E-state index contributed by atoms with van der Waals surface area (Å²) in [6.45, 7) is 4.64. The summed E-state index contributed by atoms with van der Waals surface area (Å²) in [4.78, 5) is 11.3. The molecule has 2 aliphatic rings. The minimum absolute atomic E-state index is 0.0244. The van der Waals surface area contributed by atoms with Crippen molar-refractivity contribution in [2.24, 2.45) is 16.7 Å². The number of rotatable bonds is 0. The van der Waals surface area contributed by atoms with Gasteiger partial charge >= 0.3 is 5.97 Å². The van der Waals surface area contributed by atoms with Crippen LogP contribution in [0.15, 0.2) is 0 Å². The van der Waals surface area contributed by atoms with E-state index in [1.54, 1.807) is 0 Å². The van der Waals surface area contributed by atoms with E-state index in [0.29, 0.717) is 13.0 Å². The smallest absolute Gasteiger partial charge is 0.306 e. The van der Waals surface area contributed by atoms with Crippen molar-refractivity contribution in [1.82, 2.24) is 0 Å². The van der Waals surface area contributed by atoms with Gasteiger partial charge in [-0.05, 0) is 25.7 Å². The Balaban J connectivity index is 2.33. The van der Waals surface area contributed by atoms with Crippen molar-refractivity contribution in [1.29, 1.82) is 5.26 Å². The maximum atomic E-state index is 11.3. The lowest BCUT2D eigenvalue weighted by molar-refractivity contribution is -0.168. The number of nitriles is 1. The second kappa shape index (κ2) is 3.23. The van der Waals surface area contributed by atoms with Gasteiger partial charge in [0.1, 0.15) is 0 Å². The van der Waals surface area contributed by atoms with E-state index in [1.165, 1.54) is 0 Å². The summed E-state index contributed by atoms with van der Waals surface area (Å²) in [6, 6.07) is 2.42. The van der Waals surface area contributed by atoms with Crippen molar-refractivity contribution >= 4 is 5.97 Å². The van der Waals surface area contributed by atoms with Crippen molar-refractivity contribution in [2.75, 3.05) is 6.61 Å². The molecule has 1 aliphatic heterocycles. The van der Waals surface area contributed by atoms with Gasteiger partial charge in [0.05, 0.1) is 24.5 Å². The van der Waals surface area contributed by atoms with Crippen LogP contribution in [0.5, 0.6) is 0 Å². The number of fused-ring (bicyclic) bond motifs is 1. The molecule has 3 atom stereocenters. The molecule has 0 unspecified atom stereocenters. The minimum Gasteiger partial charge on any atom is -0.465 e. The molecule has 0 aromatic heterocycles. The Morgan fingerprint density at radius 2 is 2.20 bits per heavy atom. The van der Waals surface area contributed by atoms with Gasteiger partial charge < -0.3 is 4.74 Å². The zero-order valence-electron chi connectivity index (χ0n) is 9.38. The highest BCUT2D eigenvalue weighted by molar-refractivity contribution is 5.71. The van der Waals surface area contributed by atoms with Gasteiger partial charge in [-0.3, -0.25) is 4.79 Å². The number of carbonyl (C=O) groups excluding carboxylic acids is 1. The van der Waals surface area contributed by atoms with Crippen LogP contribution in [0.3, 0.4) is 0 Å². The predicted molar refractivity (Wildman–Crippen MR) is 54.7 cm³/mol. The van der Waals surface area contributed by atoms with Crippen LogP contribution >= 0.6 is 0 Å². The van der Waals surface area contributed by atoms with Crippen LogP contribution in [0.1, 0.15) is 39.5 Å². The first-order chi connectivity index (χ1) is 7.00. The molecular formula is C12H17NO2. The van der Waals surface area contributed by atoms with Crippen LogP contribution in [-0.4, -0.2) is 12.6 Å². The van der Waals surface area contributed by atoms with Crippen LogP contribution in [0.25, 0.3) is 0 Å². The molecule has 0 aromatic carbocycles. The lowest BCUT2D eigenvalue weighted by atomic mass is 9.55. The number of carbonyl (C=O) groups is 1. The summed E-state index contributed by atoms with van der Waals surface area (Å²) in [7, 11) is 0. The first kappa shape index (κ1) is 10.5. The van der Waals surface area contributed by atoms with Crippen LogP contribution in [0.2, 0.25) is 0 Å². The van der Waals surface area contributed by atoms with Crippen LogP contribution in [0, 0.1) is 28.1 Å². The highest BCUT2D eigenvalue weighted by Crippen LogP contribution is 2.54. The third kappa shape index (κ3) is 1.52. The Morgan fingerprint density at radius 3 is 2.87 bits per heavy atom. The highest BCUT2D eigenvalue weighted by Gasteiger charge is 2.52. The highest BCUT2D eigenvalue weighted by atomic mass is 16.5. The fourth-order valence-corrected chi connectivity index (χ4v) is 3.23. The Bertz CT molecular complexity index is 333. The number of esters is 1. The molecule has 3 heteroatoms. The molecule has 1 saturated carbocycles.